The van der Waals surface area contributed by atoms with E-state index in [1.807, 2.05) is 6.07 Å². The molecule has 1 aliphatic rings. The molecule has 2 N–H and O–H groups in total. The number of thiophene rings is 1. The first-order chi connectivity index (χ1) is 13.9. The highest BCUT2D eigenvalue weighted by molar-refractivity contribution is 7.99. The minimum Gasteiger partial charge on any atom is -0.335 e. The van der Waals surface area contributed by atoms with Crippen LogP contribution in [0.2, 0.25) is 0 Å². The molecule has 4 aromatic rings. The highest BCUT2D eigenvalue weighted by atomic mass is 32.2. The quantitative estimate of drug-likeness (QED) is 0.387. The molecule has 0 fully saturated rings. The summed E-state index contributed by atoms with van der Waals surface area (Å²) in [7, 11) is 0. The van der Waals surface area contributed by atoms with E-state index >= 15 is 0 Å². The Morgan fingerprint density at radius 3 is 2.76 bits per heavy atom. The Morgan fingerprint density at radius 1 is 1.17 bits per heavy atom. The van der Waals surface area contributed by atoms with Crippen molar-refractivity contribution in [2.45, 2.75) is 35.6 Å². The summed E-state index contributed by atoms with van der Waals surface area (Å²) in [6.07, 6.45) is 1.50. The number of aromatic nitrogens is 6. The number of pyridine rings is 1. The zero-order valence-corrected chi connectivity index (χ0v) is 16.3. The van der Waals surface area contributed by atoms with E-state index in [-0.39, 0.29) is 5.16 Å². The lowest BCUT2D eigenvalue weighted by Crippen LogP contribution is -2.21. The standard InChI is InChI=1S/C17H12F3N7S2/c18-17(19,20)15-25-26-16(27(15)21)29-14-11-9-4-1-5-10(9)28-13(11)23-12(24-14)8-3-2-6-22-7-8/h2-3,6-7H,1,4-5,21H2. The summed E-state index contributed by atoms with van der Waals surface area (Å²) < 4.78 is 39.5. The maximum absolute atomic E-state index is 13.0. The van der Waals surface area contributed by atoms with E-state index in [4.69, 9.17) is 5.84 Å². The molecule has 7 nitrogen and oxygen atoms in total. The van der Waals surface area contributed by atoms with Crippen molar-refractivity contribution in [2.75, 3.05) is 5.84 Å². The van der Waals surface area contributed by atoms with E-state index in [9.17, 15) is 13.2 Å². The molecule has 4 heterocycles. The third-order valence-electron chi connectivity index (χ3n) is 4.56. The Balaban J connectivity index is 1.67. The van der Waals surface area contributed by atoms with Crippen LogP contribution in [0.15, 0.2) is 34.7 Å². The Bertz CT molecular complexity index is 1220. The van der Waals surface area contributed by atoms with E-state index in [0.29, 0.717) is 15.5 Å². The van der Waals surface area contributed by atoms with Crippen LogP contribution in [-0.2, 0) is 19.0 Å². The van der Waals surface area contributed by atoms with Crippen LogP contribution < -0.4 is 5.84 Å². The molecule has 0 atom stereocenters. The minimum atomic E-state index is -4.69. The Labute approximate surface area is 170 Å². The lowest BCUT2D eigenvalue weighted by molar-refractivity contribution is -0.146. The van der Waals surface area contributed by atoms with Gasteiger partial charge in [0.2, 0.25) is 5.16 Å². The number of alkyl halides is 3. The van der Waals surface area contributed by atoms with Crippen LogP contribution in [0.5, 0.6) is 0 Å². The van der Waals surface area contributed by atoms with Gasteiger partial charge in [0, 0.05) is 28.2 Å². The number of aryl methyl sites for hydroxylation is 2. The molecule has 29 heavy (non-hydrogen) atoms. The van der Waals surface area contributed by atoms with Gasteiger partial charge in [-0.05, 0) is 48.7 Å². The van der Waals surface area contributed by atoms with Gasteiger partial charge in [0.25, 0.3) is 5.82 Å². The van der Waals surface area contributed by atoms with Gasteiger partial charge in [-0.3, -0.25) is 4.98 Å². The first-order valence-corrected chi connectivity index (χ1v) is 10.2. The SMILES string of the molecule is Nn1c(Sc2nc(-c3cccnc3)nc3sc4c(c23)CCC4)nnc1C(F)(F)F. The van der Waals surface area contributed by atoms with Crippen molar-refractivity contribution in [3.05, 3.63) is 40.8 Å². The molecule has 0 aromatic carbocycles. The van der Waals surface area contributed by atoms with Crippen molar-refractivity contribution < 1.29 is 13.2 Å². The maximum Gasteiger partial charge on any atom is 0.453 e. The molecule has 0 spiro atoms. The number of fused-ring (bicyclic) bond motifs is 3. The Morgan fingerprint density at radius 2 is 2.03 bits per heavy atom. The first kappa shape index (κ1) is 18.3. The van der Waals surface area contributed by atoms with Crippen LogP contribution in [0.25, 0.3) is 21.6 Å². The van der Waals surface area contributed by atoms with Crippen LogP contribution in [-0.4, -0.2) is 29.8 Å². The summed E-state index contributed by atoms with van der Waals surface area (Å²) in [6.45, 7) is 0. The number of halogens is 3. The number of hydrogen-bond acceptors (Lipinski definition) is 8. The average molecular weight is 435 g/mol. The average Bonchev–Trinajstić information content (AvgIpc) is 3.37. The van der Waals surface area contributed by atoms with Crippen LogP contribution in [0.1, 0.15) is 22.7 Å². The molecule has 0 bridgehead atoms. The molecule has 0 saturated carbocycles. The second kappa shape index (κ2) is 6.66. The van der Waals surface area contributed by atoms with Gasteiger partial charge in [-0.25, -0.2) is 14.6 Å². The molecule has 0 aliphatic heterocycles. The number of nitrogen functional groups attached to an aromatic ring is 1. The largest absolute Gasteiger partial charge is 0.453 e. The monoisotopic (exact) mass is 435 g/mol. The summed E-state index contributed by atoms with van der Waals surface area (Å²) in [5.74, 6) is 4.81. The number of hydrogen-bond donors (Lipinski definition) is 1. The molecule has 0 saturated heterocycles. The van der Waals surface area contributed by atoms with Crippen LogP contribution in [0.4, 0.5) is 13.2 Å². The van der Waals surface area contributed by atoms with Crippen molar-refractivity contribution in [1.29, 1.82) is 0 Å². The lowest BCUT2D eigenvalue weighted by atomic mass is 10.2. The van der Waals surface area contributed by atoms with Gasteiger partial charge in [0.15, 0.2) is 5.82 Å². The normalized spacial score (nSPS) is 13.9. The topological polar surface area (TPSA) is 95.4 Å². The van der Waals surface area contributed by atoms with Crippen LogP contribution >= 0.6 is 23.1 Å². The number of nitrogens with zero attached hydrogens (tertiary/aromatic N) is 6. The first-order valence-electron chi connectivity index (χ1n) is 8.60. The summed E-state index contributed by atoms with van der Waals surface area (Å²) in [6, 6.07) is 3.60. The molecule has 1 aliphatic carbocycles. The highest BCUT2D eigenvalue weighted by Crippen LogP contribution is 2.43. The van der Waals surface area contributed by atoms with E-state index in [1.165, 1.54) is 4.88 Å². The fourth-order valence-corrected chi connectivity index (χ4v) is 5.51. The van der Waals surface area contributed by atoms with Gasteiger partial charge in [0.05, 0.1) is 0 Å². The summed E-state index contributed by atoms with van der Waals surface area (Å²) in [5, 5.41) is 8.10. The minimum absolute atomic E-state index is 0.0904. The third kappa shape index (κ3) is 3.12. The smallest absolute Gasteiger partial charge is 0.335 e. The Hall–Kier alpha value is -2.73. The van der Waals surface area contributed by atoms with Crippen LogP contribution in [0.3, 0.4) is 0 Å². The molecule has 4 aromatic heterocycles. The van der Waals surface area contributed by atoms with Crippen molar-refractivity contribution in [1.82, 2.24) is 29.8 Å². The fourth-order valence-electron chi connectivity index (χ4n) is 3.29. The predicted molar refractivity (Wildman–Crippen MR) is 102 cm³/mol. The van der Waals surface area contributed by atoms with E-state index in [0.717, 1.165) is 52.4 Å². The Kier molecular flexibility index (Phi) is 4.21. The molecule has 0 radical (unpaired) electrons. The zero-order valence-electron chi connectivity index (χ0n) is 14.6. The van der Waals surface area contributed by atoms with E-state index in [2.05, 4.69) is 25.1 Å². The van der Waals surface area contributed by atoms with E-state index in [1.54, 1.807) is 29.8 Å². The summed E-state index contributed by atoms with van der Waals surface area (Å²) in [4.78, 5) is 15.4. The molecule has 5 rings (SSSR count). The number of nitrogens with two attached hydrogens (primary N) is 1. The predicted octanol–water partition coefficient (Wildman–Crippen LogP) is 3.72. The molecular formula is C17H12F3N7S2. The van der Waals surface area contributed by atoms with Crippen LogP contribution in [0, 0.1) is 0 Å². The second-order valence-corrected chi connectivity index (χ2v) is 8.45. The van der Waals surface area contributed by atoms with Crippen molar-refractivity contribution in [3.63, 3.8) is 0 Å². The maximum atomic E-state index is 13.0. The van der Waals surface area contributed by atoms with Gasteiger partial charge < -0.3 is 5.84 Å². The van der Waals surface area contributed by atoms with Gasteiger partial charge in [0.1, 0.15) is 9.86 Å². The number of rotatable bonds is 3. The highest BCUT2D eigenvalue weighted by Gasteiger charge is 2.38. The van der Waals surface area contributed by atoms with Gasteiger partial charge in [-0.1, -0.05) is 0 Å². The fraction of sp³-hybridized carbons (Fsp3) is 0.235. The molecule has 148 valence electrons. The molecule has 12 heteroatoms. The van der Waals surface area contributed by atoms with Crippen molar-refractivity contribution in [2.24, 2.45) is 0 Å². The van der Waals surface area contributed by atoms with Gasteiger partial charge >= 0.3 is 6.18 Å². The van der Waals surface area contributed by atoms with Gasteiger partial charge in [-0.15, -0.1) is 21.5 Å². The van der Waals surface area contributed by atoms with Crippen molar-refractivity contribution in [3.8, 4) is 11.4 Å². The van der Waals surface area contributed by atoms with E-state index < -0.39 is 12.0 Å². The van der Waals surface area contributed by atoms with Gasteiger partial charge in [-0.2, -0.15) is 13.2 Å². The third-order valence-corrected chi connectivity index (χ3v) is 6.69. The lowest BCUT2D eigenvalue weighted by Gasteiger charge is -2.08. The molecule has 0 unspecified atom stereocenters. The van der Waals surface area contributed by atoms with Crippen molar-refractivity contribution >= 4 is 33.3 Å². The second-order valence-electron chi connectivity index (χ2n) is 6.41. The molecular weight excluding hydrogens is 423 g/mol. The summed E-state index contributed by atoms with van der Waals surface area (Å²) in [5.41, 5.74) is 1.87. The summed E-state index contributed by atoms with van der Waals surface area (Å²) >= 11 is 2.55. The zero-order chi connectivity index (χ0) is 20.2. The molecule has 0 amide bonds.